The molecule has 0 aliphatic heterocycles. The molecule has 4 heteroatoms. The number of nitrogens with one attached hydrogen (secondary N) is 1. The Balaban J connectivity index is 2.67. The Kier molecular flexibility index (Phi) is 6.69. The van der Waals surface area contributed by atoms with Crippen molar-refractivity contribution in [1.82, 2.24) is 5.32 Å². The van der Waals surface area contributed by atoms with Crippen molar-refractivity contribution >= 4 is 11.7 Å². The maximum atomic E-state index is 12.0. The zero-order valence-corrected chi connectivity index (χ0v) is 13.9. The van der Waals surface area contributed by atoms with Gasteiger partial charge in [0.05, 0.1) is 7.11 Å². The smallest absolute Gasteiger partial charge is 0.325 e. The van der Waals surface area contributed by atoms with Crippen molar-refractivity contribution in [2.75, 3.05) is 32.1 Å². The first-order chi connectivity index (χ1) is 9.92. The average Bonchev–Trinajstić information content (AvgIpc) is 2.50. The summed E-state index contributed by atoms with van der Waals surface area (Å²) in [6.07, 6.45) is 1.68. The Hall–Kier alpha value is -1.55. The first-order valence-corrected chi connectivity index (χ1v) is 7.54. The lowest BCUT2D eigenvalue weighted by Crippen LogP contribution is -2.52. The van der Waals surface area contributed by atoms with Crippen molar-refractivity contribution in [3.05, 3.63) is 29.8 Å². The van der Waals surface area contributed by atoms with Crippen LogP contribution in [-0.4, -0.2) is 38.8 Å². The zero-order chi connectivity index (χ0) is 15.9. The van der Waals surface area contributed by atoms with Gasteiger partial charge in [0, 0.05) is 19.3 Å². The van der Waals surface area contributed by atoms with Crippen molar-refractivity contribution in [1.29, 1.82) is 0 Å². The van der Waals surface area contributed by atoms with Crippen LogP contribution in [0.5, 0.6) is 0 Å². The number of carbonyl (C=O) groups is 1. The van der Waals surface area contributed by atoms with Crippen molar-refractivity contribution in [2.24, 2.45) is 0 Å². The molecule has 1 aromatic carbocycles. The number of methoxy groups -OCH3 is 1. The largest absolute Gasteiger partial charge is 0.468 e. The highest BCUT2D eigenvalue weighted by Gasteiger charge is 2.33. The van der Waals surface area contributed by atoms with E-state index in [-0.39, 0.29) is 5.97 Å². The molecule has 0 spiro atoms. The number of anilines is 1. The van der Waals surface area contributed by atoms with Crippen LogP contribution in [0.1, 0.15) is 32.3 Å². The molecule has 0 fully saturated rings. The molecular weight excluding hydrogens is 264 g/mol. The van der Waals surface area contributed by atoms with E-state index in [9.17, 15) is 4.79 Å². The predicted molar refractivity (Wildman–Crippen MR) is 87.8 cm³/mol. The van der Waals surface area contributed by atoms with Crippen LogP contribution in [0, 0.1) is 6.92 Å². The standard InChI is InChI=1S/C17H28N2O2/c1-6-12-18-17(3,16(20)21-5)11-13-19(4)15-9-7-14(2)8-10-15/h7-10,18H,6,11-13H2,1-5H3. The van der Waals surface area contributed by atoms with Gasteiger partial charge in [0.2, 0.25) is 0 Å². The SMILES string of the molecule is CCCNC(C)(CCN(C)c1ccc(C)cc1)C(=O)OC. The lowest BCUT2D eigenvalue weighted by molar-refractivity contribution is -0.148. The molecule has 0 saturated carbocycles. The van der Waals surface area contributed by atoms with E-state index >= 15 is 0 Å². The molecule has 0 saturated heterocycles. The lowest BCUT2D eigenvalue weighted by Gasteiger charge is -2.30. The molecule has 4 nitrogen and oxygen atoms in total. The molecule has 1 rings (SSSR count). The van der Waals surface area contributed by atoms with Gasteiger partial charge in [-0.15, -0.1) is 0 Å². The first-order valence-electron chi connectivity index (χ1n) is 7.54. The summed E-state index contributed by atoms with van der Waals surface area (Å²) in [4.78, 5) is 14.2. The molecular formula is C17H28N2O2. The van der Waals surface area contributed by atoms with E-state index in [1.54, 1.807) is 0 Å². The number of rotatable bonds is 8. The highest BCUT2D eigenvalue weighted by molar-refractivity contribution is 5.80. The Morgan fingerprint density at radius 2 is 1.95 bits per heavy atom. The van der Waals surface area contributed by atoms with E-state index in [2.05, 4.69) is 48.3 Å². The molecule has 1 atom stereocenters. The highest BCUT2D eigenvalue weighted by atomic mass is 16.5. The number of benzene rings is 1. The molecule has 1 unspecified atom stereocenters. The minimum atomic E-state index is -0.635. The molecule has 0 aromatic heterocycles. The average molecular weight is 292 g/mol. The molecule has 118 valence electrons. The van der Waals surface area contributed by atoms with Gasteiger partial charge in [0.15, 0.2) is 0 Å². The number of hydrogen-bond acceptors (Lipinski definition) is 4. The minimum Gasteiger partial charge on any atom is -0.468 e. The Labute approximate surface area is 128 Å². The van der Waals surface area contributed by atoms with Crippen LogP contribution < -0.4 is 10.2 Å². The molecule has 0 aliphatic rings. The molecule has 0 aliphatic carbocycles. The molecule has 0 amide bonds. The number of hydrogen-bond donors (Lipinski definition) is 1. The Morgan fingerprint density at radius 1 is 1.33 bits per heavy atom. The van der Waals surface area contributed by atoms with Gasteiger partial charge in [-0.05, 0) is 45.4 Å². The fourth-order valence-corrected chi connectivity index (χ4v) is 2.21. The highest BCUT2D eigenvalue weighted by Crippen LogP contribution is 2.17. The Morgan fingerprint density at radius 3 is 2.48 bits per heavy atom. The third-order valence-electron chi connectivity index (χ3n) is 3.82. The van der Waals surface area contributed by atoms with Gasteiger partial charge in [0.25, 0.3) is 0 Å². The van der Waals surface area contributed by atoms with Gasteiger partial charge in [-0.2, -0.15) is 0 Å². The number of ether oxygens (including phenoxy) is 1. The first kappa shape index (κ1) is 17.5. The van der Waals surface area contributed by atoms with E-state index in [0.717, 1.165) is 25.2 Å². The molecule has 21 heavy (non-hydrogen) atoms. The molecule has 1 N–H and O–H groups in total. The number of nitrogens with zero attached hydrogens (tertiary/aromatic N) is 1. The van der Waals surface area contributed by atoms with Crippen molar-refractivity contribution in [2.45, 2.75) is 39.2 Å². The third-order valence-corrected chi connectivity index (χ3v) is 3.82. The molecule has 1 aromatic rings. The second-order valence-electron chi connectivity index (χ2n) is 5.76. The van der Waals surface area contributed by atoms with Gasteiger partial charge in [0.1, 0.15) is 5.54 Å². The number of aryl methyl sites for hydroxylation is 1. The topological polar surface area (TPSA) is 41.6 Å². The van der Waals surface area contributed by atoms with Crippen LogP contribution >= 0.6 is 0 Å². The van der Waals surface area contributed by atoms with Crippen LogP contribution in [0.3, 0.4) is 0 Å². The van der Waals surface area contributed by atoms with E-state index in [1.165, 1.54) is 12.7 Å². The molecule has 0 radical (unpaired) electrons. The van der Waals surface area contributed by atoms with Gasteiger partial charge in [-0.25, -0.2) is 0 Å². The van der Waals surface area contributed by atoms with E-state index in [1.807, 2.05) is 14.0 Å². The van der Waals surface area contributed by atoms with Gasteiger partial charge in [-0.1, -0.05) is 24.6 Å². The molecule has 0 bridgehead atoms. The summed E-state index contributed by atoms with van der Waals surface area (Å²) in [5.74, 6) is -0.201. The second kappa shape index (κ2) is 8.03. The van der Waals surface area contributed by atoms with Gasteiger partial charge >= 0.3 is 5.97 Å². The summed E-state index contributed by atoms with van der Waals surface area (Å²) < 4.78 is 4.95. The summed E-state index contributed by atoms with van der Waals surface area (Å²) in [6.45, 7) is 7.67. The quantitative estimate of drug-likeness (QED) is 0.748. The summed E-state index contributed by atoms with van der Waals surface area (Å²) in [5, 5.41) is 3.31. The van der Waals surface area contributed by atoms with Crippen LogP contribution in [-0.2, 0) is 9.53 Å². The van der Waals surface area contributed by atoms with Crippen LogP contribution in [0.25, 0.3) is 0 Å². The van der Waals surface area contributed by atoms with Crippen LogP contribution in [0.15, 0.2) is 24.3 Å². The van der Waals surface area contributed by atoms with E-state index in [0.29, 0.717) is 6.42 Å². The minimum absolute atomic E-state index is 0.201. The zero-order valence-electron chi connectivity index (χ0n) is 13.9. The third kappa shape index (κ3) is 5.05. The number of carbonyl (C=O) groups excluding carboxylic acids is 1. The summed E-state index contributed by atoms with van der Waals surface area (Å²) in [6, 6.07) is 8.40. The predicted octanol–water partition coefficient (Wildman–Crippen LogP) is 2.75. The van der Waals surface area contributed by atoms with Crippen molar-refractivity contribution in [3.8, 4) is 0 Å². The van der Waals surface area contributed by atoms with Crippen molar-refractivity contribution < 1.29 is 9.53 Å². The number of esters is 1. The lowest BCUT2D eigenvalue weighted by atomic mass is 9.97. The summed E-state index contributed by atoms with van der Waals surface area (Å²) >= 11 is 0. The van der Waals surface area contributed by atoms with Gasteiger partial charge < -0.3 is 15.0 Å². The monoisotopic (exact) mass is 292 g/mol. The molecule has 0 heterocycles. The summed E-state index contributed by atoms with van der Waals surface area (Å²) in [5.41, 5.74) is 1.77. The van der Waals surface area contributed by atoms with E-state index < -0.39 is 5.54 Å². The fourth-order valence-electron chi connectivity index (χ4n) is 2.21. The van der Waals surface area contributed by atoms with Gasteiger partial charge in [-0.3, -0.25) is 4.79 Å². The van der Waals surface area contributed by atoms with E-state index in [4.69, 9.17) is 4.74 Å². The maximum absolute atomic E-state index is 12.0. The van der Waals surface area contributed by atoms with Crippen LogP contribution in [0.4, 0.5) is 5.69 Å². The second-order valence-corrected chi connectivity index (χ2v) is 5.76. The normalized spacial score (nSPS) is 13.6. The summed E-state index contributed by atoms with van der Waals surface area (Å²) in [7, 11) is 3.49. The fraction of sp³-hybridized carbons (Fsp3) is 0.588. The van der Waals surface area contributed by atoms with Crippen LogP contribution in [0.2, 0.25) is 0 Å². The Bertz CT molecular complexity index is 445. The van der Waals surface area contributed by atoms with Crippen molar-refractivity contribution in [3.63, 3.8) is 0 Å². The maximum Gasteiger partial charge on any atom is 0.325 e.